The van der Waals surface area contributed by atoms with Crippen molar-refractivity contribution >= 4 is 38.2 Å². The third-order valence-electron chi connectivity index (χ3n) is 6.69. The Balaban J connectivity index is 1.43. The summed E-state index contributed by atoms with van der Waals surface area (Å²) in [7, 11) is -4.08. The number of nitrogens with one attached hydrogen (secondary N) is 1. The molecule has 0 aliphatic rings. The Bertz CT molecular complexity index is 1840. The number of benzene rings is 3. The number of fused-ring (bicyclic) bond motifs is 1. The average molecular weight is 572 g/mol. The fraction of sp³-hybridized carbons (Fsp3) is 0.194. The molecular weight excluding hydrogens is 542 g/mol. The van der Waals surface area contributed by atoms with Gasteiger partial charge in [-0.25, -0.2) is 18.1 Å². The van der Waals surface area contributed by atoms with Crippen molar-refractivity contribution in [3.05, 3.63) is 117 Å². The lowest BCUT2D eigenvalue weighted by molar-refractivity contribution is 0.0981. The molecule has 0 atom stereocenters. The highest BCUT2D eigenvalue weighted by Gasteiger charge is 2.24. The first kappa shape index (κ1) is 27.5. The van der Waals surface area contributed by atoms with Gasteiger partial charge in [-0.15, -0.1) is 11.3 Å². The summed E-state index contributed by atoms with van der Waals surface area (Å²) in [5, 5.41) is 2.29. The van der Waals surface area contributed by atoms with Gasteiger partial charge in [-0.2, -0.15) is 0 Å². The molecule has 5 rings (SSSR count). The molecule has 9 heteroatoms. The Labute approximate surface area is 237 Å². The number of carbonyl (C=O) groups is 1. The zero-order valence-electron chi connectivity index (χ0n) is 22.3. The third kappa shape index (κ3) is 5.76. The fourth-order valence-electron chi connectivity index (χ4n) is 4.58. The Morgan fingerprint density at radius 3 is 2.48 bits per heavy atom. The molecule has 5 aromatic rings. The number of unbranched alkanes of at least 4 members (excludes halogenated alkanes) is 1. The summed E-state index contributed by atoms with van der Waals surface area (Å²) in [5.41, 5.74) is 4.01. The van der Waals surface area contributed by atoms with E-state index in [1.165, 1.54) is 0 Å². The van der Waals surface area contributed by atoms with E-state index in [0.717, 1.165) is 41.1 Å². The SMILES string of the molecule is CCCCc1nc2ccc(C)cc2c(=O)n1Cc1ccc(-c2ccsc2S(=O)(=O)NC(=O)c2ccccc2)cc1. The van der Waals surface area contributed by atoms with Crippen molar-refractivity contribution < 1.29 is 13.2 Å². The van der Waals surface area contributed by atoms with Gasteiger partial charge in [0.2, 0.25) is 0 Å². The van der Waals surface area contributed by atoms with Crippen molar-refractivity contribution in [3.8, 4) is 11.1 Å². The number of aromatic nitrogens is 2. The summed E-state index contributed by atoms with van der Waals surface area (Å²) in [5.74, 6) is 0.0754. The molecule has 0 bridgehead atoms. The summed E-state index contributed by atoms with van der Waals surface area (Å²) in [6.07, 6.45) is 2.63. The van der Waals surface area contributed by atoms with Gasteiger partial charge >= 0.3 is 0 Å². The lowest BCUT2D eigenvalue weighted by Crippen LogP contribution is -2.30. The zero-order valence-corrected chi connectivity index (χ0v) is 23.9. The minimum absolute atomic E-state index is 0.0655. The molecule has 0 saturated carbocycles. The molecule has 2 heterocycles. The van der Waals surface area contributed by atoms with Crippen LogP contribution in [0.1, 0.15) is 47.1 Å². The summed E-state index contributed by atoms with van der Waals surface area (Å²) in [6.45, 7) is 4.42. The van der Waals surface area contributed by atoms with Gasteiger partial charge in [0.05, 0.1) is 17.4 Å². The number of amides is 1. The van der Waals surface area contributed by atoms with Gasteiger partial charge in [0.15, 0.2) is 0 Å². The van der Waals surface area contributed by atoms with E-state index in [1.54, 1.807) is 46.3 Å². The third-order valence-corrected chi connectivity index (χ3v) is 9.50. The molecule has 204 valence electrons. The smallest absolute Gasteiger partial charge is 0.274 e. The normalized spacial score (nSPS) is 11.6. The predicted molar refractivity (Wildman–Crippen MR) is 159 cm³/mol. The lowest BCUT2D eigenvalue weighted by atomic mass is 10.1. The average Bonchev–Trinajstić information content (AvgIpc) is 3.46. The topological polar surface area (TPSA) is 98.1 Å². The summed E-state index contributed by atoms with van der Waals surface area (Å²) >= 11 is 1.05. The van der Waals surface area contributed by atoms with E-state index in [9.17, 15) is 18.0 Å². The predicted octanol–water partition coefficient (Wildman–Crippen LogP) is 5.94. The highest BCUT2D eigenvalue weighted by atomic mass is 32.2. The minimum Gasteiger partial charge on any atom is -0.292 e. The first-order valence-electron chi connectivity index (χ1n) is 13.1. The quantitative estimate of drug-likeness (QED) is 0.236. The van der Waals surface area contributed by atoms with Gasteiger partial charge < -0.3 is 0 Å². The van der Waals surface area contributed by atoms with Gasteiger partial charge in [-0.05, 0) is 60.2 Å². The second-order valence-corrected chi connectivity index (χ2v) is 12.5. The number of carbonyl (C=O) groups excluding carboxylic acids is 1. The van der Waals surface area contributed by atoms with Crippen molar-refractivity contribution in [2.75, 3.05) is 0 Å². The number of hydrogen-bond acceptors (Lipinski definition) is 6. The van der Waals surface area contributed by atoms with E-state index in [-0.39, 0.29) is 15.3 Å². The Kier molecular flexibility index (Phi) is 7.95. The monoisotopic (exact) mass is 571 g/mol. The van der Waals surface area contributed by atoms with Gasteiger partial charge in [0, 0.05) is 17.5 Å². The van der Waals surface area contributed by atoms with Crippen LogP contribution in [0.2, 0.25) is 0 Å². The fourth-order valence-corrected chi connectivity index (χ4v) is 6.95. The molecule has 1 amide bonds. The van der Waals surface area contributed by atoms with E-state index in [0.29, 0.717) is 35.0 Å². The summed E-state index contributed by atoms with van der Waals surface area (Å²) in [4.78, 5) is 30.8. The molecule has 2 aromatic heterocycles. The van der Waals surface area contributed by atoms with E-state index < -0.39 is 15.9 Å². The zero-order chi connectivity index (χ0) is 28.3. The molecule has 0 fully saturated rings. The molecule has 0 radical (unpaired) electrons. The van der Waals surface area contributed by atoms with Crippen LogP contribution >= 0.6 is 11.3 Å². The highest BCUT2D eigenvalue weighted by molar-refractivity contribution is 7.92. The van der Waals surface area contributed by atoms with Gasteiger partial charge in [-0.3, -0.25) is 14.2 Å². The number of hydrogen-bond donors (Lipinski definition) is 1. The van der Waals surface area contributed by atoms with E-state index >= 15 is 0 Å². The second kappa shape index (κ2) is 11.6. The van der Waals surface area contributed by atoms with Gasteiger partial charge in [0.1, 0.15) is 10.0 Å². The molecule has 0 saturated heterocycles. The van der Waals surface area contributed by atoms with Crippen molar-refractivity contribution in [2.24, 2.45) is 0 Å². The summed E-state index contributed by atoms with van der Waals surface area (Å²) in [6, 6.07) is 23.2. The first-order chi connectivity index (χ1) is 19.3. The van der Waals surface area contributed by atoms with Crippen molar-refractivity contribution in [1.82, 2.24) is 14.3 Å². The molecule has 3 aromatic carbocycles. The first-order valence-corrected chi connectivity index (χ1v) is 15.4. The second-order valence-electron chi connectivity index (χ2n) is 9.66. The molecule has 0 aliphatic carbocycles. The minimum atomic E-state index is -4.08. The molecule has 0 unspecified atom stereocenters. The maximum atomic E-state index is 13.5. The highest BCUT2D eigenvalue weighted by Crippen LogP contribution is 2.32. The van der Waals surface area contributed by atoms with Crippen molar-refractivity contribution in [3.63, 3.8) is 0 Å². The standard InChI is InChI=1S/C31H29N3O4S2/c1-3-4-10-28-32-27-16-11-21(2)19-26(27)30(36)34(28)20-22-12-14-23(15-13-22)25-17-18-39-31(25)40(37,38)33-29(35)24-8-6-5-7-9-24/h5-9,11-19H,3-4,10,20H2,1-2H3,(H,33,35). The lowest BCUT2D eigenvalue weighted by Gasteiger charge is -2.14. The molecule has 7 nitrogen and oxygen atoms in total. The number of thiophene rings is 1. The van der Waals surface area contributed by atoms with Crippen LogP contribution in [0.15, 0.2) is 93.2 Å². The van der Waals surface area contributed by atoms with Crippen LogP contribution in [0.25, 0.3) is 22.0 Å². The van der Waals surface area contributed by atoms with Gasteiger partial charge in [0.25, 0.3) is 21.5 Å². The molecule has 1 N–H and O–H groups in total. The largest absolute Gasteiger partial charge is 0.292 e. The van der Waals surface area contributed by atoms with Gasteiger partial charge in [-0.1, -0.05) is 67.4 Å². The molecular formula is C31H29N3O4S2. The molecule has 0 aliphatic heterocycles. The molecule has 0 spiro atoms. The van der Waals surface area contributed by atoms with E-state index in [4.69, 9.17) is 4.98 Å². The van der Waals surface area contributed by atoms with E-state index in [1.807, 2.05) is 49.4 Å². The van der Waals surface area contributed by atoms with E-state index in [2.05, 4.69) is 11.6 Å². The van der Waals surface area contributed by atoms with Crippen LogP contribution in [-0.4, -0.2) is 23.9 Å². The maximum Gasteiger partial charge on any atom is 0.274 e. The molecule has 40 heavy (non-hydrogen) atoms. The Morgan fingerprint density at radius 1 is 1.00 bits per heavy atom. The van der Waals surface area contributed by atoms with Crippen LogP contribution in [-0.2, 0) is 23.0 Å². The van der Waals surface area contributed by atoms with Crippen LogP contribution in [0.3, 0.4) is 0 Å². The van der Waals surface area contributed by atoms with Crippen LogP contribution in [0.4, 0.5) is 0 Å². The summed E-state index contributed by atoms with van der Waals surface area (Å²) < 4.78 is 30.2. The Morgan fingerprint density at radius 2 is 1.75 bits per heavy atom. The number of rotatable bonds is 9. The van der Waals surface area contributed by atoms with Crippen LogP contribution in [0.5, 0.6) is 0 Å². The Hall–Kier alpha value is -4.08. The number of aryl methyl sites for hydroxylation is 2. The van der Waals surface area contributed by atoms with Crippen LogP contribution < -0.4 is 10.3 Å². The van der Waals surface area contributed by atoms with Crippen LogP contribution in [0, 0.1) is 6.92 Å². The van der Waals surface area contributed by atoms with Crippen molar-refractivity contribution in [2.45, 2.75) is 43.9 Å². The number of nitrogens with zero attached hydrogens (tertiary/aromatic N) is 2. The van der Waals surface area contributed by atoms with Crippen molar-refractivity contribution in [1.29, 1.82) is 0 Å². The maximum absolute atomic E-state index is 13.5. The number of sulfonamides is 1.